The molecule has 0 radical (unpaired) electrons. The Morgan fingerprint density at radius 3 is 2.60 bits per heavy atom. The quantitative estimate of drug-likeness (QED) is 0.546. The van der Waals surface area contributed by atoms with Gasteiger partial charge in [-0.15, -0.1) is 11.3 Å². The Bertz CT molecular complexity index is 1120. The number of Topliss-reactive ketones (excluding diaryl/α,β-unsaturated/α-hetero) is 1. The third-order valence-corrected chi connectivity index (χ3v) is 6.91. The van der Waals surface area contributed by atoms with Crippen LogP contribution in [0.2, 0.25) is 0 Å². The molecule has 0 unspecified atom stereocenters. The van der Waals surface area contributed by atoms with Gasteiger partial charge in [0.05, 0.1) is 24.5 Å². The lowest BCUT2D eigenvalue weighted by Crippen LogP contribution is -2.26. The van der Waals surface area contributed by atoms with E-state index >= 15 is 0 Å². The Morgan fingerprint density at radius 2 is 1.87 bits per heavy atom. The zero-order valence-electron chi connectivity index (χ0n) is 17.1. The van der Waals surface area contributed by atoms with Gasteiger partial charge in [-0.1, -0.05) is 24.3 Å². The zero-order valence-corrected chi connectivity index (χ0v) is 17.9. The predicted molar refractivity (Wildman–Crippen MR) is 122 cm³/mol. The molecule has 152 valence electrons. The lowest BCUT2D eigenvalue weighted by Gasteiger charge is -2.29. The third kappa shape index (κ3) is 3.39. The molecule has 1 aliphatic heterocycles. The molecule has 5 heteroatoms. The lowest BCUT2D eigenvalue weighted by molar-refractivity contribution is -0.116. The number of thiophene rings is 1. The average molecular weight is 417 g/mol. The minimum Gasteiger partial charge on any atom is -0.497 e. The minimum absolute atomic E-state index is 0.125. The van der Waals surface area contributed by atoms with Crippen molar-refractivity contribution >= 4 is 28.5 Å². The monoisotopic (exact) mass is 416 g/mol. The number of hydrogen-bond acceptors (Lipinski definition) is 5. The molecule has 30 heavy (non-hydrogen) atoms. The molecule has 0 fully saturated rings. The molecule has 2 aromatic carbocycles. The summed E-state index contributed by atoms with van der Waals surface area (Å²) in [6, 6.07) is 18.5. The highest BCUT2D eigenvalue weighted by Crippen LogP contribution is 2.45. The van der Waals surface area contributed by atoms with Gasteiger partial charge in [0.1, 0.15) is 5.75 Å². The Morgan fingerprint density at radius 1 is 1.03 bits per heavy atom. The van der Waals surface area contributed by atoms with Crippen LogP contribution in [0.15, 0.2) is 71.2 Å². The summed E-state index contributed by atoms with van der Waals surface area (Å²) in [5.41, 5.74) is 6.32. The zero-order chi connectivity index (χ0) is 20.7. The summed E-state index contributed by atoms with van der Waals surface area (Å²) >= 11 is 1.69. The third-order valence-electron chi connectivity index (χ3n) is 5.97. The largest absolute Gasteiger partial charge is 0.497 e. The van der Waals surface area contributed by atoms with Gasteiger partial charge in [-0.25, -0.2) is 0 Å². The van der Waals surface area contributed by atoms with E-state index in [9.17, 15) is 4.79 Å². The number of allylic oxidation sites excluding steroid dienone is 1. The molecular weight excluding hydrogens is 392 g/mol. The van der Waals surface area contributed by atoms with Crippen molar-refractivity contribution in [1.29, 1.82) is 0 Å². The SMILES string of the molecule is COc1ccc([C@H]2CC(=O)C3=C(C2)Nc2ccc(C)cc2N[C@H]3c2cccs2)cc1. The van der Waals surface area contributed by atoms with E-state index in [2.05, 4.69) is 59.3 Å². The van der Waals surface area contributed by atoms with E-state index in [1.54, 1.807) is 18.4 Å². The molecule has 0 amide bonds. The van der Waals surface area contributed by atoms with Crippen LogP contribution in [-0.4, -0.2) is 12.9 Å². The predicted octanol–water partition coefficient (Wildman–Crippen LogP) is 6.04. The molecule has 4 nitrogen and oxygen atoms in total. The van der Waals surface area contributed by atoms with Crippen molar-refractivity contribution in [3.05, 3.63) is 87.3 Å². The van der Waals surface area contributed by atoms with Crippen molar-refractivity contribution < 1.29 is 9.53 Å². The summed E-state index contributed by atoms with van der Waals surface area (Å²) in [7, 11) is 1.67. The minimum atomic E-state index is -0.125. The van der Waals surface area contributed by atoms with Crippen molar-refractivity contribution in [3.8, 4) is 5.75 Å². The first-order valence-corrected chi connectivity index (χ1v) is 11.1. The molecular formula is C25H24N2O2S. The van der Waals surface area contributed by atoms with Crippen molar-refractivity contribution in [2.45, 2.75) is 31.7 Å². The maximum atomic E-state index is 13.5. The van der Waals surface area contributed by atoms with Crippen molar-refractivity contribution in [1.82, 2.24) is 0 Å². The number of fused-ring (bicyclic) bond motifs is 1. The molecule has 0 saturated carbocycles. The Kier molecular flexibility index (Phi) is 4.83. The molecule has 2 N–H and O–H groups in total. The first-order chi connectivity index (χ1) is 14.6. The fraction of sp³-hybridized carbons (Fsp3) is 0.240. The topological polar surface area (TPSA) is 50.4 Å². The van der Waals surface area contributed by atoms with E-state index in [0.717, 1.165) is 39.7 Å². The highest BCUT2D eigenvalue weighted by molar-refractivity contribution is 7.10. The van der Waals surface area contributed by atoms with E-state index in [1.165, 1.54) is 11.1 Å². The number of anilines is 2. The van der Waals surface area contributed by atoms with Crippen LogP contribution in [0.25, 0.3) is 0 Å². The van der Waals surface area contributed by atoms with Crippen LogP contribution < -0.4 is 15.4 Å². The first-order valence-electron chi connectivity index (χ1n) is 10.2. The lowest BCUT2D eigenvalue weighted by atomic mass is 9.79. The number of benzene rings is 2. The molecule has 2 heterocycles. The number of carbonyl (C=O) groups excluding carboxylic acids is 1. The van der Waals surface area contributed by atoms with Crippen molar-refractivity contribution in [3.63, 3.8) is 0 Å². The van der Waals surface area contributed by atoms with Crippen LogP contribution in [-0.2, 0) is 4.79 Å². The highest BCUT2D eigenvalue weighted by Gasteiger charge is 2.36. The summed E-state index contributed by atoms with van der Waals surface area (Å²) in [6.45, 7) is 2.09. The summed E-state index contributed by atoms with van der Waals surface area (Å²) in [5, 5.41) is 9.33. The molecule has 0 bridgehead atoms. The van der Waals surface area contributed by atoms with Gasteiger partial charge < -0.3 is 15.4 Å². The van der Waals surface area contributed by atoms with Gasteiger partial charge in [0, 0.05) is 22.6 Å². The Hall–Kier alpha value is -3.05. The molecule has 3 aromatic rings. The molecule has 0 spiro atoms. The van der Waals surface area contributed by atoms with Gasteiger partial charge in [0.2, 0.25) is 0 Å². The van der Waals surface area contributed by atoms with Gasteiger partial charge in [0.15, 0.2) is 5.78 Å². The number of rotatable bonds is 3. The molecule has 2 aliphatic rings. The van der Waals surface area contributed by atoms with E-state index < -0.39 is 0 Å². The summed E-state index contributed by atoms with van der Waals surface area (Å²) in [6.07, 6.45) is 1.33. The average Bonchev–Trinajstić information content (AvgIpc) is 3.23. The summed E-state index contributed by atoms with van der Waals surface area (Å²) in [5.74, 6) is 1.20. The van der Waals surface area contributed by atoms with Gasteiger partial charge in [-0.3, -0.25) is 4.79 Å². The number of nitrogens with one attached hydrogen (secondary N) is 2. The maximum absolute atomic E-state index is 13.5. The van der Waals surface area contributed by atoms with Crippen LogP contribution in [0.5, 0.6) is 5.75 Å². The van der Waals surface area contributed by atoms with Crippen LogP contribution in [0.4, 0.5) is 11.4 Å². The fourth-order valence-electron chi connectivity index (χ4n) is 4.44. The van der Waals surface area contributed by atoms with Crippen LogP contribution in [0, 0.1) is 6.92 Å². The van der Waals surface area contributed by atoms with E-state index in [0.29, 0.717) is 6.42 Å². The van der Waals surface area contributed by atoms with Crippen LogP contribution >= 0.6 is 11.3 Å². The molecule has 2 atom stereocenters. The van der Waals surface area contributed by atoms with E-state index in [4.69, 9.17) is 4.74 Å². The van der Waals surface area contributed by atoms with Crippen LogP contribution in [0.3, 0.4) is 0 Å². The Labute approximate surface area is 180 Å². The molecule has 1 aliphatic carbocycles. The maximum Gasteiger partial charge on any atom is 0.163 e. The van der Waals surface area contributed by atoms with Gasteiger partial charge >= 0.3 is 0 Å². The number of carbonyl (C=O) groups is 1. The summed E-state index contributed by atoms with van der Waals surface area (Å²) in [4.78, 5) is 14.6. The molecule has 0 saturated heterocycles. The molecule has 1 aromatic heterocycles. The van der Waals surface area contributed by atoms with E-state index in [1.807, 2.05) is 18.2 Å². The highest BCUT2D eigenvalue weighted by atomic mass is 32.1. The van der Waals surface area contributed by atoms with Crippen molar-refractivity contribution in [2.24, 2.45) is 0 Å². The standard InChI is InChI=1S/C25H24N2O2S/c1-15-5-10-19-20(12-15)27-25(23-4-3-11-30-23)24-21(26-19)13-17(14-22(24)28)16-6-8-18(29-2)9-7-16/h3-12,17,25-27H,13-14H2,1-2H3/t17-,25+/m1/s1. The normalized spacial score (nSPS) is 20.5. The van der Waals surface area contributed by atoms with Gasteiger partial charge in [-0.05, 0) is 66.1 Å². The number of ketones is 1. The molecule has 5 rings (SSSR count). The summed E-state index contributed by atoms with van der Waals surface area (Å²) < 4.78 is 5.29. The van der Waals surface area contributed by atoms with E-state index in [-0.39, 0.29) is 17.7 Å². The smallest absolute Gasteiger partial charge is 0.163 e. The van der Waals surface area contributed by atoms with Crippen molar-refractivity contribution in [2.75, 3.05) is 17.7 Å². The number of aryl methyl sites for hydroxylation is 1. The number of methoxy groups -OCH3 is 1. The fourth-order valence-corrected chi connectivity index (χ4v) is 5.23. The van der Waals surface area contributed by atoms with Gasteiger partial charge in [-0.2, -0.15) is 0 Å². The Balaban J connectivity index is 1.57. The second kappa shape index (κ2) is 7.65. The van der Waals surface area contributed by atoms with Gasteiger partial charge in [0.25, 0.3) is 0 Å². The second-order valence-electron chi connectivity index (χ2n) is 7.96. The number of hydrogen-bond donors (Lipinski definition) is 2. The first kappa shape index (κ1) is 18.9. The van der Waals surface area contributed by atoms with Crippen LogP contribution in [0.1, 0.15) is 40.8 Å². The second-order valence-corrected chi connectivity index (χ2v) is 8.94. The number of ether oxygens (including phenoxy) is 1.